The Morgan fingerprint density at radius 1 is 0.585 bits per heavy atom. The molecule has 0 fully saturated rings. The molecule has 298 valence electrons. The Hall–Kier alpha value is -3.40. The first kappa shape index (κ1) is 47.6. The van der Waals surface area contributed by atoms with Crippen LogP contribution in [0.1, 0.15) is 125 Å². The van der Waals surface area contributed by atoms with Crippen LogP contribution in [0.25, 0.3) is 0 Å². The van der Waals surface area contributed by atoms with Gasteiger partial charge in [-0.05, 0) is 79.6 Å². The molecular weight excluding hydrogens is 677 g/mol. The Morgan fingerprint density at radius 2 is 0.962 bits per heavy atom. The van der Waals surface area contributed by atoms with E-state index >= 15 is 0 Å². The van der Waals surface area contributed by atoms with Crippen molar-refractivity contribution in [2.45, 2.75) is 130 Å². The number of aliphatic hydroxyl groups is 1. The summed E-state index contributed by atoms with van der Waals surface area (Å²) < 4.78 is 6.92. The number of carbonyl (C=O) groups is 2. The number of carbonyl (C=O) groups excluding carboxylic acids is 2. The first-order valence-electron chi connectivity index (χ1n) is 20.4. The van der Waals surface area contributed by atoms with Crippen molar-refractivity contribution in [2.24, 2.45) is 0 Å². The van der Waals surface area contributed by atoms with Crippen LogP contribution < -0.4 is 31.6 Å². The van der Waals surface area contributed by atoms with Gasteiger partial charge in [0.1, 0.15) is 0 Å². The number of urea groups is 2. The van der Waals surface area contributed by atoms with Crippen molar-refractivity contribution >= 4 is 30.8 Å². The van der Waals surface area contributed by atoms with Crippen molar-refractivity contribution in [1.29, 1.82) is 0 Å². The second-order valence-corrected chi connectivity index (χ2v) is 18.8. The summed E-state index contributed by atoms with van der Waals surface area (Å²) in [5.74, 6) is 0. The molecule has 0 unspecified atom stereocenters. The molecule has 0 aliphatic carbocycles. The van der Waals surface area contributed by atoms with E-state index in [9.17, 15) is 9.59 Å². The van der Waals surface area contributed by atoms with Crippen molar-refractivity contribution in [1.82, 2.24) is 21.3 Å². The van der Waals surface area contributed by atoms with Gasteiger partial charge < -0.3 is 30.8 Å². The van der Waals surface area contributed by atoms with E-state index in [0.717, 1.165) is 96.8 Å². The number of hydrogen-bond acceptors (Lipinski definition) is 4. The van der Waals surface area contributed by atoms with E-state index < -0.39 is 8.32 Å². The third-order valence-corrected chi connectivity index (χ3v) is 14.0. The average Bonchev–Trinajstić information content (AvgIpc) is 3.16. The molecule has 0 heterocycles. The summed E-state index contributed by atoms with van der Waals surface area (Å²) in [6.07, 6.45) is 23.1. The quantitative estimate of drug-likeness (QED) is 0.0376. The summed E-state index contributed by atoms with van der Waals surface area (Å²) in [6, 6.07) is 21.5. The Labute approximate surface area is 324 Å². The highest BCUT2D eigenvalue weighted by molar-refractivity contribution is 6.99. The minimum absolute atomic E-state index is 0.00864. The van der Waals surface area contributed by atoms with E-state index in [4.69, 9.17) is 9.53 Å². The van der Waals surface area contributed by atoms with Crippen LogP contribution >= 0.6 is 0 Å². The van der Waals surface area contributed by atoms with Crippen molar-refractivity contribution in [3.8, 4) is 0 Å². The predicted molar refractivity (Wildman–Crippen MR) is 228 cm³/mol. The summed E-state index contributed by atoms with van der Waals surface area (Å²) in [5.41, 5.74) is 0. The van der Waals surface area contributed by atoms with Crippen molar-refractivity contribution in [3.63, 3.8) is 0 Å². The summed E-state index contributed by atoms with van der Waals surface area (Å²) in [6.45, 7) is 15.2. The number of amides is 4. The molecule has 0 radical (unpaired) electrons. The number of aliphatic hydroxyl groups excluding tert-OH is 1. The van der Waals surface area contributed by atoms with E-state index in [2.05, 4.69) is 135 Å². The van der Waals surface area contributed by atoms with Crippen LogP contribution in [-0.2, 0) is 4.43 Å². The second kappa shape index (κ2) is 31.0. The molecule has 5 N–H and O–H groups in total. The number of unbranched alkanes of at least 4 members (excludes halogenated alkanes) is 8. The topological polar surface area (TPSA) is 112 Å². The highest BCUT2D eigenvalue weighted by Gasteiger charge is 2.49. The molecule has 0 atom stereocenters. The third kappa shape index (κ3) is 21.8. The number of benzene rings is 2. The number of allylic oxidation sites excluding steroid dienone is 2. The van der Waals surface area contributed by atoms with E-state index in [1.165, 1.54) is 29.6 Å². The van der Waals surface area contributed by atoms with E-state index in [1.54, 1.807) is 0 Å². The number of rotatable bonds is 26. The first-order chi connectivity index (χ1) is 25.7. The van der Waals surface area contributed by atoms with Gasteiger partial charge in [-0.1, -0.05) is 145 Å². The molecule has 4 amide bonds. The maximum absolute atomic E-state index is 11.7. The van der Waals surface area contributed by atoms with Gasteiger partial charge in [0.05, 0.1) is 0 Å². The van der Waals surface area contributed by atoms with Gasteiger partial charge in [0.25, 0.3) is 8.32 Å². The Kier molecular flexibility index (Phi) is 27.8. The molecule has 0 saturated carbocycles. The normalized spacial score (nSPS) is 11.7. The molecule has 2 rings (SSSR count). The largest absolute Gasteiger partial charge is 0.407 e. The van der Waals surface area contributed by atoms with Crippen LogP contribution in [0.2, 0.25) is 5.04 Å². The van der Waals surface area contributed by atoms with Crippen molar-refractivity contribution < 1.29 is 19.1 Å². The van der Waals surface area contributed by atoms with Gasteiger partial charge >= 0.3 is 12.1 Å². The zero-order chi connectivity index (χ0) is 38.9. The van der Waals surface area contributed by atoms with E-state index in [1.807, 2.05) is 6.08 Å². The third-order valence-electron chi connectivity index (χ3n) is 8.95. The highest BCUT2D eigenvalue weighted by atomic mass is 28.4. The van der Waals surface area contributed by atoms with Gasteiger partial charge in [0, 0.05) is 39.4 Å². The van der Waals surface area contributed by atoms with Gasteiger partial charge in [-0.25, -0.2) is 9.59 Å². The Balaban J connectivity index is 0.000000659. The lowest BCUT2D eigenvalue weighted by Gasteiger charge is -2.43. The maximum atomic E-state index is 11.7. The van der Waals surface area contributed by atoms with Crippen molar-refractivity contribution in [3.05, 3.63) is 85.0 Å². The van der Waals surface area contributed by atoms with Crippen LogP contribution in [0.15, 0.2) is 85.0 Å². The summed E-state index contributed by atoms with van der Waals surface area (Å²) >= 11 is 0. The second-order valence-electron chi connectivity index (χ2n) is 14.5. The van der Waals surface area contributed by atoms with Crippen LogP contribution in [0, 0.1) is 0 Å². The predicted octanol–water partition coefficient (Wildman–Crippen LogP) is 8.75. The van der Waals surface area contributed by atoms with E-state index in [0.29, 0.717) is 6.61 Å². The van der Waals surface area contributed by atoms with Crippen molar-refractivity contribution in [2.75, 3.05) is 39.4 Å². The Morgan fingerprint density at radius 3 is 1.34 bits per heavy atom. The molecule has 0 aromatic heterocycles. The fourth-order valence-electron chi connectivity index (χ4n) is 6.04. The molecule has 53 heavy (non-hydrogen) atoms. The lowest BCUT2D eigenvalue weighted by Crippen LogP contribution is -2.66. The fraction of sp³-hybridized carbons (Fsp3) is 0.591. The monoisotopic (exact) mass is 751 g/mol. The molecule has 2 aromatic carbocycles. The van der Waals surface area contributed by atoms with Crippen LogP contribution in [0.5, 0.6) is 0 Å². The lowest BCUT2D eigenvalue weighted by atomic mass is 10.2. The molecule has 0 aliphatic rings. The van der Waals surface area contributed by atoms with Gasteiger partial charge in [-0.15, -0.1) is 0 Å². The van der Waals surface area contributed by atoms with Gasteiger partial charge in [-0.2, -0.15) is 0 Å². The molecule has 8 nitrogen and oxygen atoms in total. The standard InChI is InChI=1S/C30H46N2O2Si.C14H28N2O2/c1-5-6-17-24-31-29(33)32-25-18-9-7-8-10-19-26-34-35(30(2,3)4,27-20-13-11-14-21-27)28-22-15-12-16-23-28;1-2-3-8-11-15-14(18)16-12-9-6-4-5-7-10-13-17/h8,10-16,20-23H,5-7,9,17-19,24-26H2,1-4H3,(H2,31,32,33);5,7,17H,2-4,6,8-13H2,1H3,(H2,15,16,18)/b10-8-;7-5-. The Bertz CT molecular complexity index is 1200. The molecule has 2 aromatic rings. The number of nitrogens with one attached hydrogen (secondary N) is 4. The summed E-state index contributed by atoms with van der Waals surface area (Å²) in [4.78, 5) is 23.0. The molecular formula is C44H74N4O4Si. The molecule has 0 saturated heterocycles. The highest BCUT2D eigenvalue weighted by Crippen LogP contribution is 2.36. The molecule has 9 heteroatoms. The minimum Gasteiger partial charge on any atom is -0.407 e. The zero-order valence-corrected chi connectivity index (χ0v) is 34.9. The smallest absolute Gasteiger partial charge is 0.314 e. The first-order valence-corrected chi connectivity index (χ1v) is 22.3. The molecule has 0 spiro atoms. The summed E-state index contributed by atoms with van der Waals surface area (Å²) in [5, 5.41) is 22.8. The average molecular weight is 751 g/mol. The fourth-order valence-corrected chi connectivity index (χ4v) is 10.6. The van der Waals surface area contributed by atoms with Crippen LogP contribution in [0.4, 0.5) is 9.59 Å². The van der Waals surface area contributed by atoms with Crippen LogP contribution in [0.3, 0.4) is 0 Å². The molecule has 0 aliphatic heterocycles. The summed E-state index contributed by atoms with van der Waals surface area (Å²) in [7, 11) is -2.44. The van der Waals surface area contributed by atoms with Gasteiger partial charge in [0.15, 0.2) is 0 Å². The van der Waals surface area contributed by atoms with E-state index in [-0.39, 0.29) is 23.7 Å². The maximum Gasteiger partial charge on any atom is 0.314 e. The minimum atomic E-state index is -2.44. The van der Waals surface area contributed by atoms with Gasteiger partial charge in [0.2, 0.25) is 0 Å². The number of hydrogen-bond donors (Lipinski definition) is 5. The zero-order valence-electron chi connectivity index (χ0n) is 33.9. The lowest BCUT2D eigenvalue weighted by molar-refractivity contribution is 0.239. The molecule has 0 bridgehead atoms. The van der Waals surface area contributed by atoms with Crippen LogP contribution in [-0.4, -0.2) is 64.9 Å². The SMILES string of the molecule is CCCCCNC(=O)NCCCC/C=C\CCO.CCCCCNC(=O)NCCCC/C=C\CCO[Si](c1ccccc1)(c1ccccc1)C(C)(C)C. The van der Waals surface area contributed by atoms with Gasteiger partial charge in [-0.3, -0.25) is 0 Å².